The van der Waals surface area contributed by atoms with Gasteiger partial charge in [-0.05, 0) is 40.9 Å². The van der Waals surface area contributed by atoms with Crippen molar-refractivity contribution in [1.82, 2.24) is 0 Å². The molecule has 0 heterocycles. The van der Waals surface area contributed by atoms with Crippen LogP contribution in [-0.2, 0) is 4.74 Å². The number of benzene rings is 1. The van der Waals surface area contributed by atoms with E-state index >= 15 is 0 Å². The molecule has 4 heteroatoms. The molecule has 0 saturated heterocycles. The van der Waals surface area contributed by atoms with E-state index in [4.69, 9.17) is 4.74 Å². The highest BCUT2D eigenvalue weighted by Gasteiger charge is 2.06. The summed E-state index contributed by atoms with van der Waals surface area (Å²) in [7, 11) is 1.68. The highest BCUT2D eigenvalue weighted by molar-refractivity contribution is 9.10. The fourth-order valence-electron chi connectivity index (χ4n) is 1.29. The maximum atomic E-state index is 9.74. The van der Waals surface area contributed by atoms with Gasteiger partial charge in [0.2, 0.25) is 0 Å². The van der Waals surface area contributed by atoms with E-state index in [1.165, 1.54) is 4.90 Å². The number of hydrogen-bond acceptors (Lipinski definition) is 3. The van der Waals surface area contributed by atoms with Gasteiger partial charge >= 0.3 is 0 Å². The van der Waals surface area contributed by atoms with Crippen LogP contribution in [-0.4, -0.2) is 30.7 Å². The molecule has 0 fully saturated rings. The molecule has 0 bridgehead atoms. The summed E-state index contributed by atoms with van der Waals surface area (Å²) in [4.78, 5) is 1.17. The summed E-state index contributed by atoms with van der Waals surface area (Å²) < 4.78 is 6.04. The minimum Gasteiger partial charge on any atom is -0.392 e. The van der Waals surface area contributed by atoms with Crippen molar-refractivity contribution in [3.8, 4) is 0 Å². The number of hydrogen-bond donors (Lipinski definition) is 1. The summed E-state index contributed by atoms with van der Waals surface area (Å²) in [6, 6.07) is 8.06. The van der Waals surface area contributed by atoms with Gasteiger partial charge < -0.3 is 9.84 Å². The van der Waals surface area contributed by atoms with E-state index in [9.17, 15) is 5.11 Å². The third-order valence-electron chi connectivity index (χ3n) is 2.15. The first kappa shape index (κ1) is 14.0. The smallest absolute Gasteiger partial charge is 0.0635 e. The second-order valence-corrected chi connectivity index (χ2v) is 5.45. The molecular formula is C12H17BrO2S. The number of methoxy groups -OCH3 is 1. The minimum absolute atomic E-state index is 0.257. The fourth-order valence-corrected chi connectivity index (χ4v) is 2.84. The average molecular weight is 305 g/mol. The number of halogens is 1. The lowest BCUT2D eigenvalue weighted by Crippen LogP contribution is -2.10. The summed E-state index contributed by atoms with van der Waals surface area (Å²) >= 11 is 5.16. The van der Waals surface area contributed by atoms with Crippen LogP contribution in [0.15, 0.2) is 33.6 Å². The summed E-state index contributed by atoms with van der Waals surface area (Å²) in [5.74, 6) is 0.728. The topological polar surface area (TPSA) is 29.5 Å². The average Bonchev–Trinajstić information content (AvgIpc) is 2.28. The standard InChI is InChI=1S/C12H17BrO2S/c1-15-8-4-5-10(14)9-16-12-7-3-2-6-11(12)13/h2-3,6-7,10,14H,4-5,8-9H2,1H3. The van der Waals surface area contributed by atoms with Crippen molar-refractivity contribution in [3.63, 3.8) is 0 Å². The minimum atomic E-state index is -0.257. The summed E-state index contributed by atoms with van der Waals surface area (Å²) in [6.07, 6.45) is 1.45. The van der Waals surface area contributed by atoms with E-state index in [1.807, 2.05) is 18.2 Å². The van der Waals surface area contributed by atoms with Gasteiger partial charge in [0.05, 0.1) is 6.10 Å². The zero-order chi connectivity index (χ0) is 11.8. The molecular weight excluding hydrogens is 288 g/mol. The van der Waals surface area contributed by atoms with Crippen LogP contribution in [0.2, 0.25) is 0 Å². The molecule has 0 aliphatic heterocycles. The largest absolute Gasteiger partial charge is 0.392 e. The lowest BCUT2D eigenvalue weighted by atomic mass is 10.2. The summed E-state index contributed by atoms with van der Waals surface area (Å²) in [5.41, 5.74) is 0. The molecule has 0 amide bonds. The van der Waals surface area contributed by atoms with Crippen LogP contribution in [0.5, 0.6) is 0 Å². The summed E-state index contributed by atoms with van der Waals surface area (Å²) in [5, 5.41) is 9.74. The molecule has 0 saturated carbocycles. The van der Waals surface area contributed by atoms with Crippen LogP contribution in [0.4, 0.5) is 0 Å². The van der Waals surface area contributed by atoms with Crippen molar-refractivity contribution >= 4 is 27.7 Å². The molecule has 0 spiro atoms. The molecule has 1 rings (SSSR count). The predicted octanol–water partition coefficient (Wildman–Crippen LogP) is 3.33. The van der Waals surface area contributed by atoms with Crippen LogP contribution in [0.1, 0.15) is 12.8 Å². The zero-order valence-corrected chi connectivity index (χ0v) is 11.8. The van der Waals surface area contributed by atoms with E-state index < -0.39 is 0 Å². The van der Waals surface area contributed by atoms with Gasteiger partial charge in [-0.1, -0.05) is 12.1 Å². The van der Waals surface area contributed by atoms with Crippen molar-refractivity contribution in [2.45, 2.75) is 23.8 Å². The molecule has 1 N–H and O–H groups in total. The van der Waals surface area contributed by atoms with Gasteiger partial charge in [0.15, 0.2) is 0 Å². The van der Waals surface area contributed by atoms with E-state index in [-0.39, 0.29) is 6.10 Å². The molecule has 1 unspecified atom stereocenters. The molecule has 0 aromatic heterocycles. The summed E-state index contributed by atoms with van der Waals surface area (Å²) in [6.45, 7) is 0.719. The van der Waals surface area contributed by atoms with Crippen LogP contribution >= 0.6 is 27.7 Å². The highest BCUT2D eigenvalue weighted by Crippen LogP contribution is 2.27. The van der Waals surface area contributed by atoms with Gasteiger partial charge in [0.1, 0.15) is 0 Å². The van der Waals surface area contributed by atoms with Crippen LogP contribution < -0.4 is 0 Å². The van der Waals surface area contributed by atoms with Crippen molar-refractivity contribution < 1.29 is 9.84 Å². The van der Waals surface area contributed by atoms with Crippen LogP contribution in [0.25, 0.3) is 0 Å². The lowest BCUT2D eigenvalue weighted by Gasteiger charge is -2.10. The highest BCUT2D eigenvalue weighted by atomic mass is 79.9. The molecule has 16 heavy (non-hydrogen) atoms. The number of rotatable bonds is 7. The molecule has 1 atom stereocenters. The zero-order valence-electron chi connectivity index (χ0n) is 9.36. The Morgan fingerprint density at radius 3 is 2.88 bits per heavy atom. The van der Waals surface area contributed by atoms with E-state index in [2.05, 4.69) is 22.0 Å². The Morgan fingerprint density at radius 2 is 2.19 bits per heavy atom. The first-order chi connectivity index (χ1) is 7.74. The SMILES string of the molecule is COCCCC(O)CSc1ccccc1Br. The van der Waals surface area contributed by atoms with Gasteiger partial charge in [-0.15, -0.1) is 11.8 Å². The van der Waals surface area contributed by atoms with Crippen molar-refractivity contribution in [3.05, 3.63) is 28.7 Å². The third-order valence-corrected chi connectivity index (χ3v) is 4.33. The number of aliphatic hydroxyl groups is 1. The van der Waals surface area contributed by atoms with Crippen molar-refractivity contribution in [1.29, 1.82) is 0 Å². The maximum Gasteiger partial charge on any atom is 0.0635 e. The Kier molecular flexibility index (Phi) is 7.12. The second kappa shape index (κ2) is 8.12. The molecule has 1 aromatic rings. The van der Waals surface area contributed by atoms with Gasteiger partial charge in [-0.3, -0.25) is 0 Å². The molecule has 0 aliphatic rings. The Bertz CT molecular complexity index is 307. The van der Waals surface area contributed by atoms with Gasteiger partial charge in [-0.2, -0.15) is 0 Å². The van der Waals surface area contributed by atoms with Crippen LogP contribution in [0.3, 0.4) is 0 Å². The molecule has 90 valence electrons. The first-order valence-corrected chi connectivity index (χ1v) is 7.06. The predicted molar refractivity (Wildman–Crippen MR) is 72.0 cm³/mol. The van der Waals surface area contributed by atoms with Gasteiger partial charge in [0, 0.05) is 28.8 Å². The van der Waals surface area contributed by atoms with E-state index in [0.29, 0.717) is 0 Å². The fraction of sp³-hybridized carbons (Fsp3) is 0.500. The van der Waals surface area contributed by atoms with E-state index in [1.54, 1.807) is 18.9 Å². The van der Waals surface area contributed by atoms with E-state index in [0.717, 1.165) is 29.7 Å². The molecule has 0 radical (unpaired) electrons. The monoisotopic (exact) mass is 304 g/mol. The third kappa shape index (κ3) is 5.34. The Balaban J connectivity index is 2.26. The maximum absolute atomic E-state index is 9.74. The molecule has 1 aromatic carbocycles. The number of aliphatic hydroxyl groups excluding tert-OH is 1. The molecule has 0 aliphatic carbocycles. The first-order valence-electron chi connectivity index (χ1n) is 5.28. The van der Waals surface area contributed by atoms with Crippen LogP contribution in [0, 0.1) is 0 Å². The normalized spacial score (nSPS) is 12.7. The van der Waals surface area contributed by atoms with Gasteiger partial charge in [-0.25, -0.2) is 0 Å². The number of thioether (sulfide) groups is 1. The number of ether oxygens (including phenoxy) is 1. The van der Waals surface area contributed by atoms with Gasteiger partial charge in [0.25, 0.3) is 0 Å². The van der Waals surface area contributed by atoms with Crippen molar-refractivity contribution in [2.75, 3.05) is 19.5 Å². The second-order valence-electron chi connectivity index (χ2n) is 3.53. The lowest BCUT2D eigenvalue weighted by molar-refractivity contribution is 0.149. The molecule has 2 nitrogen and oxygen atoms in total. The quantitative estimate of drug-likeness (QED) is 0.619. The Morgan fingerprint density at radius 1 is 1.44 bits per heavy atom. The Labute approximate surface area is 110 Å². The Hall–Kier alpha value is -0.0300. The van der Waals surface area contributed by atoms with Crippen molar-refractivity contribution in [2.24, 2.45) is 0 Å².